The van der Waals surface area contributed by atoms with E-state index in [9.17, 15) is 9.59 Å². The van der Waals surface area contributed by atoms with Gasteiger partial charge in [0, 0.05) is 18.6 Å². The molecule has 108 valence electrons. The summed E-state index contributed by atoms with van der Waals surface area (Å²) in [5.74, 6) is -1.09. The number of carbonyl (C=O) groups is 2. The first-order valence-electron chi connectivity index (χ1n) is 6.69. The SMILES string of the molecule is CC1(NC(=O)N2CC(n3cc(C(=O)O)nn3)C2)CCC1. The molecule has 1 aromatic rings. The average molecular weight is 279 g/mol. The molecule has 0 aromatic carbocycles. The van der Waals surface area contributed by atoms with E-state index in [0.717, 1.165) is 19.3 Å². The lowest BCUT2D eigenvalue weighted by molar-refractivity contribution is 0.0689. The molecule has 1 aromatic heterocycles. The van der Waals surface area contributed by atoms with Crippen molar-refractivity contribution in [2.75, 3.05) is 13.1 Å². The first-order chi connectivity index (χ1) is 9.47. The lowest BCUT2D eigenvalue weighted by atomic mass is 9.79. The van der Waals surface area contributed by atoms with Gasteiger partial charge in [0.15, 0.2) is 5.69 Å². The molecule has 2 heterocycles. The van der Waals surface area contributed by atoms with Gasteiger partial charge in [-0.15, -0.1) is 5.10 Å². The Hall–Kier alpha value is -2.12. The van der Waals surface area contributed by atoms with Crippen LogP contribution in [0.2, 0.25) is 0 Å². The molecule has 2 aliphatic rings. The molecule has 1 saturated heterocycles. The molecule has 20 heavy (non-hydrogen) atoms. The summed E-state index contributed by atoms with van der Waals surface area (Å²) in [7, 11) is 0. The van der Waals surface area contributed by atoms with Crippen molar-refractivity contribution in [3.63, 3.8) is 0 Å². The van der Waals surface area contributed by atoms with E-state index in [2.05, 4.69) is 22.6 Å². The zero-order valence-electron chi connectivity index (χ0n) is 11.2. The number of amides is 2. The summed E-state index contributed by atoms with van der Waals surface area (Å²) in [5, 5.41) is 19.2. The van der Waals surface area contributed by atoms with Crippen LogP contribution >= 0.6 is 0 Å². The number of nitrogens with one attached hydrogen (secondary N) is 1. The third kappa shape index (κ3) is 2.21. The standard InChI is InChI=1S/C12H17N5O3/c1-12(3-2-4-12)13-11(20)16-5-8(6-16)17-7-9(10(18)19)14-15-17/h7-8H,2-6H2,1H3,(H,13,20)(H,18,19). The molecule has 0 unspecified atom stereocenters. The van der Waals surface area contributed by atoms with E-state index in [-0.39, 0.29) is 23.3 Å². The summed E-state index contributed by atoms with van der Waals surface area (Å²) >= 11 is 0. The molecule has 0 atom stereocenters. The van der Waals surface area contributed by atoms with Gasteiger partial charge in [-0.2, -0.15) is 0 Å². The lowest BCUT2D eigenvalue weighted by Crippen LogP contribution is -2.60. The average Bonchev–Trinajstić information content (AvgIpc) is 2.74. The Labute approximate surface area is 115 Å². The molecule has 0 bridgehead atoms. The van der Waals surface area contributed by atoms with Crippen LogP contribution in [0, 0.1) is 0 Å². The number of carbonyl (C=O) groups excluding carboxylic acids is 1. The van der Waals surface area contributed by atoms with E-state index < -0.39 is 5.97 Å². The number of urea groups is 1. The number of rotatable bonds is 3. The Kier molecular flexibility index (Phi) is 2.88. The van der Waals surface area contributed by atoms with Gasteiger partial charge >= 0.3 is 12.0 Å². The second-order valence-electron chi connectivity index (χ2n) is 5.79. The van der Waals surface area contributed by atoms with Gasteiger partial charge in [0.2, 0.25) is 0 Å². The van der Waals surface area contributed by atoms with Crippen molar-refractivity contribution < 1.29 is 14.7 Å². The number of carboxylic acids is 1. The van der Waals surface area contributed by atoms with Crippen LogP contribution in [0.4, 0.5) is 4.79 Å². The van der Waals surface area contributed by atoms with E-state index in [1.165, 1.54) is 10.9 Å². The highest BCUT2D eigenvalue weighted by molar-refractivity contribution is 5.84. The predicted octanol–water partition coefficient (Wildman–Crippen LogP) is 0.485. The quantitative estimate of drug-likeness (QED) is 0.838. The van der Waals surface area contributed by atoms with Crippen LogP contribution in [0.1, 0.15) is 42.7 Å². The van der Waals surface area contributed by atoms with Crippen molar-refractivity contribution in [2.45, 2.75) is 37.8 Å². The Balaban J connectivity index is 1.52. The van der Waals surface area contributed by atoms with E-state index in [4.69, 9.17) is 5.11 Å². The molecular formula is C12H17N5O3. The Morgan fingerprint density at radius 3 is 2.65 bits per heavy atom. The maximum atomic E-state index is 12.0. The second kappa shape index (κ2) is 4.46. The molecule has 0 spiro atoms. The highest BCUT2D eigenvalue weighted by atomic mass is 16.4. The van der Waals surface area contributed by atoms with Crippen LogP contribution in [-0.2, 0) is 0 Å². The van der Waals surface area contributed by atoms with Gasteiger partial charge in [0.1, 0.15) is 0 Å². The fraction of sp³-hybridized carbons (Fsp3) is 0.667. The summed E-state index contributed by atoms with van der Waals surface area (Å²) in [6.45, 7) is 3.12. The highest BCUT2D eigenvalue weighted by Gasteiger charge is 2.38. The molecule has 3 rings (SSSR count). The molecule has 8 nitrogen and oxygen atoms in total. The summed E-state index contributed by atoms with van der Waals surface area (Å²) in [6.07, 6.45) is 4.62. The fourth-order valence-corrected chi connectivity index (χ4v) is 2.51. The summed E-state index contributed by atoms with van der Waals surface area (Å²) in [6, 6.07) is -0.0439. The van der Waals surface area contributed by atoms with Gasteiger partial charge in [0.25, 0.3) is 0 Å². The largest absolute Gasteiger partial charge is 0.476 e. The van der Waals surface area contributed by atoms with Gasteiger partial charge < -0.3 is 15.3 Å². The number of likely N-dealkylation sites (tertiary alicyclic amines) is 1. The van der Waals surface area contributed by atoms with Gasteiger partial charge in [0.05, 0.1) is 12.2 Å². The molecule has 0 radical (unpaired) electrons. The maximum absolute atomic E-state index is 12.0. The summed E-state index contributed by atoms with van der Waals surface area (Å²) in [5.41, 5.74) is -0.124. The normalized spacial score (nSPS) is 20.9. The first-order valence-corrected chi connectivity index (χ1v) is 6.69. The van der Waals surface area contributed by atoms with Gasteiger partial charge in [-0.05, 0) is 26.2 Å². The van der Waals surface area contributed by atoms with E-state index in [1.54, 1.807) is 4.90 Å². The lowest BCUT2D eigenvalue weighted by Gasteiger charge is -2.44. The smallest absolute Gasteiger partial charge is 0.358 e. The Bertz CT molecular complexity index is 545. The van der Waals surface area contributed by atoms with Gasteiger partial charge in [-0.25, -0.2) is 14.3 Å². The fourth-order valence-electron chi connectivity index (χ4n) is 2.51. The number of carboxylic acid groups (broad SMARTS) is 1. The number of hydrogen-bond acceptors (Lipinski definition) is 4. The van der Waals surface area contributed by atoms with Crippen molar-refractivity contribution >= 4 is 12.0 Å². The number of nitrogens with zero attached hydrogens (tertiary/aromatic N) is 4. The first kappa shape index (κ1) is 12.9. The molecule has 2 N–H and O–H groups in total. The molecule has 8 heteroatoms. The van der Waals surface area contributed by atoms with Crippen LogP contribution in [0.3, 0.4) is 0 Å². The van der Waals surface area contributed by atoms with E-state index >= 15 is 0 Å². The predicted molar refractivity (Wildman–Crippen MR) is 68.4 cm³/mol. The van der Waals surface area contributed by atoms with Crippen molar-refractivity contribution in [3.8, 4) is 0 Å². The van der Waals surface area contributed by atoms with Crippen LogP contribution in [0.15, 0.2) is 6.20 Å². The van der Waals surface area contributed by atoms with Crippen molar-refractivity contribution in [1.82, 2.24) is 25.2 Å². The number of aromatic carboxylic acids is 1. The monoisotopic (exact) mass is 279 g/mol. The Morgan fingerprint density at radius 2 is 2.15 bits per heavy atom. The highest BCUT2D eigenvalue weighted by Crippen LogP contribution is 2.31. The second-order valence-corrected chi connectivity index (χ2v) is 5.79. The zero-order chi connectivity index (χ0) is 14.3. The number of hydrogen-bond donors (Lipinski definition) is 2. The van der Waals surface area contributed by atoms with Crippen molar-refractivity contribution in [1.29, 1.82) is 0 Å². The van der Waals surface area contributed by atoms with E-state index in [1.807, 2.05) is 0 Å². The molecular weight excluding hydrogens is 262 g/mol. The number of aromatic nitrogens is 3. The topological polar surface area (TPSA) is 100 Å². The molecule has 1 aliphatic carbocycles. The summed E-state index contributed by atoms with van der Waals surface area (Å²) < 4.78 is 1.51. The van der Waals surface area contributed by atoms with Gasteiger partial charge in [-0.3, -0.25) is 0 Å². The van der Waals surface area contributed by atoms with Gasteiger partial charge in [-0.1, -0.05) is 5.21 Å². The minimum atomic E-state index is -1.09. The minimum absolute atomic E-state index is 0.00977. The Morgan fingerprint density at radius 1 is 1.45 bits per heavy atom. The third-order valence-electron chi connectivity index (χ3n) is 4.12. The molecule has 1 aliphatic heterocycles. The molecule has 2 amide bonds. The molecule has 2 fully saturated rings. The van der Waals surface area contributed by atoms with E-state index in [0.29, 0.717) is 13.1 Å². The summed E-state index contributed by atoms with van der Waals surface area (Å²) in [4.78, 5) is 24.4. The third-order valence-corrected chi connectivity index (χ3v) is 4.12. The minimum Gasteiger partial charge on any atom is -0.476 e. The van der Waals surface area contributed by atoms with Crippen LogP contribution < -0.4 is 5.32 Å². The van der Waals surface area contributed by atoms with Crippen LogP contribution in [-0.4, -0.2) is 55.6 Å². The van der Waals surface area contributed by atoms with Crippen LogP contribution in [0.5, 0.6) is 0 Å². The van der Waals surface area contributed by atoms with Crippen molar-refractivity contribution in [2.24, 2.45) is 0 Å². The van der Waals surface area contributed by atoms with Crippen LogP contribution in [0.25, 0.3) is 0 Å². The molecule has 1 saturated carbocycles. The zero-order valence-corrected chi connectivity index (χ0v) is 11.2. The maximum Gasteiger partial charge on any atom is 0.358 e. The van der Waals surface area contributed by atoms with Crippen molar-refractivity contribution in [3.05, 3.63) is 11.9 Å².